The Morgan fingerprint density at radius 1 is 0.333 bits per heavy atom. The molecule has 3 unspecified atom stereocenters. The molecule has 548 valence electrons. The summed E-state index contributed by atoms with van der Waals surface area (Å²) in [4.78, 5) is 72.7. The SMILES string of the molecule is CCCCCC/C=C\C=C/CCCCCCCC(=O)OC[C@H](COP(=O)(O)OCC(O)COP(=O)(O)OC[C@@H](COC(=O)CCCCCCCCCCC(C)C)OC(=O)CCCCCCCCCCC(C)C)OC(=O)CCCCCCCCCCCCCCCC(C)C. The Balaban J connectivity index is 5.29. The first-order chi connectivity index (χ1) is 44.7. The van der Waals surface area contributed by atoms with Crippen LogP contribution in [0.2, 0.25) is 0 Å². The van der Waals surface area contributed by atoms with E-state index in [2.05, 4.69) is 72.8 Å². The number of carbonyl (C=O) groups is 4. The molecule has 0 aliphatic rings. The Morgan fingerprint density at radius 2 is 0.581 bits per heavy atom. The molecule has 0 aliphatic carbocycles. The summed E-state index contributed by atoms with van der Waals surface area (Å²) in [5.41, 5.74) is 0. The third-order valence-corrected chi connectivity index (χ3v) is 18.4. The van der Waals surface area contributed by atoms with Gasteiger partial charge in [0.1, 0.15) is 19.3 Å². The number of rotatable bonds is 70. The van der Waals surface area contributed by atoms with Crippen LogP contribution in [0.1, 0.15) is 350 Å². The highest BCUT2D eigenvalue weighted by Crippen LogP contribution is 2.45. The van der Waals surface area contributed by atoms with Gasteiger partial charge in [-0.1, -0.05) is 297 Å². The van der Waals surface area contributed by atoms with Gasteiger partial charge in [-0.2, -0.15) is 0 Å². The minimum absolute atomic E-state index is 0.0998. The third kappa shape index (κ3) is 67.9. The zero-order valence-corrected chi connectivity index (χ0v) is 62.0. The molecule has 0 aromatic carbocycles. The molecular formula is C74H140O17P2. The van der Waals surface area contributed by atoms with Crippen molar-refractivity contribution >= 4 is 39.5 Å². The van der Waals surface area contributed by atoms with E-state index in [4.69, 9.17) is 37.0 Å². The van der Waals surface area contributed by atoms with Crippen LogP contribution in [0.4, 0.5) is 0 Å². The van der Waals surface area contributed by atoms with E-state index in [1.165, 1.54) is 141 Å². The first kappa shape index (κ1) is 90.5. The number of unbranched alkanes of at least 4 members (excludes halogenated alkanes) is 35. The first-order valence-corrected chi connectivity index (χ1v) is 40.7. The molecule has 5 atom stereocenters. The Morgan fingerprint density at radius 3 is 0.871 bits per heavy atom. The van der Waals surface area contributed by atoms with E-state index >= 15 is 0 Å². The minimum atomic E-state index is -4.96. The van der Waals surface area contributed by atoms with Gasteiger partial charge in [-0.15, -0.1) is 0 Å². The van der Waals surface area contributed by atoms with Crippen molar-refractivity contribution in [3.05, 3.63) is 24.3 Å². The van der Waals surface area contributed by atoms with E-state index in [0.29, 0.717) is 31.6 Å². The van der Waals surface area contributed by atoms with E-state index in [9.17, 15) is 43.2 Å². The van der Waals surface area contributed by atoms with Crippen molar-refractivity contribution in [3.8, 4) is 0 Å². The number of aliphatic hydroxyl groups excluding tert-OH is 1. The fourth-order valence-electron chi connectivity index (χ4n) is 10.7. The Hall–Kier alpha value is -2.46. The lowest BCUT2D eigenvalue weighted by Gasteiger charge is -2.21. The lowest BCUT2D eigenvalue weighted by Crippen LogP contribution is -2.30. The Bertz CT molecular complexity index is 1910. The van der Waals surface area contributed by atoms with Crippen LogP contribution in [0, 0.1) is 17.8 Å². The van der Waals surface area contributed by atoms with Gasteiger partial charge in [0.05, 0.1) is 26.4 Å². The number of phosphoric ester groups is 2. The zero-order valence-electron chi connectivity index (χ0n) is 60.2. The van der Waals surface area contributed by atoms with Gasteiger partial charge in [0, 0.05) is 25.7 Å². The van der Waals surface area contributed by atoms with Crippen LogP contribution in [0.3, 0.4) is 0 Å². The number of allylic oxidation sites excluding steroid dienone is 4. The van der Waals surface area contributed by atoms with Crippen molar-refractivity contribution in [1.82, 2.24) is 0 Å². The van der Waals surface area contributed by atoms with Crippen molar-refractivity contribution in [2.45, 2.75) is 369 Å². The van der Waals surface area contributed by atoms with Crippen LogP contribution >= 0.6 is 15.6 Å². The summed E-state index contributed by atoms with van der Waals surface area (Å²) in [6, 6.07) is 0. The van der Waals surface area contributed by atoms with Gasteiger partial charge in [0.25, 0.3) is 0 Å². The maximum absolute atomic E-state index is 13.1. The van der Waals surface area contributed by atoms with Crippen LogP contribution < -0.4 is 0 Å². The van der Waals surface area contributed by atoms with Gasteiger partial charge in [-0.25, -0.2) is 9.13 Å². The molecule has 19 heteroatoms. The minimum Gasteiger partial charge on any atom is -0.462 e. The van der Waals surface area contributed by atoms with Gasteiger partial charge in [0.2, 0.25) is 0 Å². The molecule has 0 amide bonds. The van der Waals surface area contributed by atoms with Crippen molar-refractivity contribution < 1.29 is 80.2 Å². The predicted octanol–water partition coefficient (Wildman–Crippen LogP) is 21.0. The van der Waals surface area contributed by atoms with Crippen molar-refractivity contribution in [2.24, 2.45) is 17.8 Å². The van der Waals surface area contributed by atoms with Crippen LogP contribution in [0.15, 0.2) is 24.3 Å². The van der Waals surface area contributed by atoms with Crippen LogP contribution in [-0.2, 0) is 65.4 Å². The molecule has 0 aliphatic heterocycles. The molecule has 93 heavy (non-hydrogen) atoms. The third-order valence-electron chi connectivity index (χ3n) is 16.5. The van der Waals surface area contributed by atoms with Crippen LogP contribution in [0.25, 0.3) is 0 Å². The fraction of sp³-hybridized carbons (Fsp3) is 0.892. The van der Waals surface area contributed by atoms with Gasteiger partial charge < -0.3 is 33.8 Å². The molecular weight excluding hydrogens is 1220 g/mol. The highest BCUT2D eigenvalue weighted by Gasteiger charge is 2.30. The Kier molecular flexibility index (Phi) is 62.5. The molecule has 0 aromatic rings. The molecule has 0 spiro atoms. The average molecular weight is 1360 g/mol. The summed E-state index contributed by atoms with van der Waals surface area (Å²) in [5.74, 6) is 0.0725. The number of phosphoric acid groups is 2. The summed E-state index contributed by atoms with van der Waals surface area (Å²) in [5, 5.41) is 10.6. The lowest BCUT2D eigenvalue weighted by molar-refractivity contribution is -0.161. The average Bonchev–Trinajstić information content (AvgIpc) is 2.20. The highest BCUT2D eigenvalue weighted by atomic mass is 31.2. The summed E-state index contributed by atoms with van der Waals surface area (Å²) in [6.07, 6.45) is 52.2. The van der Waals surface area contributed by atoms with Crippen molar-refractivity contribution in [2.75, 3.05) is 39.6 Å². The molecule has 0 saturated heterocycles. The summed E-state index contributed by atoms with van der Waals surface area (Å²) in [7, 11) is -9.92. The maximum atomic E-state index is 13.1. The van der Waals surface area contributed by atoms with E-state index < -0.39 is 97.5 Å². The second-order valence-corrected chi connectivity index (χ2v) is 30.3. The van der Waals surface area contributed by atoms with Crippen molar-refractivity contribution in [1.29, 1.82) is 0 Å². The quantitative estimate of drug-likeness (QED) is 0.0169. The standard InChI is InChI=1S/C74H140O17P2/c1-8-9-10-11-12-13-14-15-16-19-22-25-34-41-48-55-71(76)84-61-69(90-73(78)57-50-43-36-26-23-20-17-18-21-24-31-38-45-52-65(2)3)63-88-92(80,81)86-59-68(75)60-87-93(82,83)89-64-70(91-74(79)58-51-44-37-30-28-33-40-47-54-67(6)7)62-85-72(77)56-49-42-35-29-27-32-39-46-53-66(4)5/h13-16,65-70,75H,8-12,17-64H2,1-7H3,(H,80,81)(H,82,83)/b14-13-,16-15-/t68?,69-,70-/m1/s1. The molecule has 3 N–H and O–H groups in total. The topological polar surface area (TPSA) is 237 Å². The van der Waals surface area contributed by atoms with Crippen LogP contribution in [-0.4, -0.2) is 96.7 Å². The molecule has 17 nitrogen and oxygen atoms in total. The number of hydrogen-bond donors (Lipinski definition) is 3. The number of carbonyl (C=O) groups excluding carboxylic acids is 4. The molecule has 0 rings (SSSR count). The summed E-state index contributed by atoms with van der Waals surface area (Å²) >= 11 is 0. The molecule has 0 heterocycles. The normalized spacial score (nSPS) is 14.3. The molecule has 0 saturated carbocycles. The number of aliphatic hydroxyl groups is 1. The van der Waals surface area contributed by atoms with E-state index in [1.807, 2.05) is 0 Å². The highest BCUT2D eigenvalue weighted by molar-refractivity contribution is 7.47. The molecule has 0 radical (unpaired) electrons. The fourth-order valence-corrected chi connectivity index (χ4v) is 12.3. The van der Waals surface area contributed by atoms with Crippen molar-refractivity contribution in [3.63, 3.8) is 0 Å². The number of hydrogen-bond acceptors (Lipinski definition) is 15. The predicted molar refractivity (Wildman–Crippen MR) is 377 cm³/mol. The second kappa shape index (κ2) is 64.2. The number of esters is 4. The van der Waals surface area contributed by atoms with Gasteiger partial charge in [-0.3, -0.25) is 37.3 Å². The van der Waals surface area contributed by atoms with E-state index in [1.54, 1.807) is 0 Å². The van der Waals surface area contributed by atoms with Crippen LogP contribution in [0.5, 0.6) is 0 Å². The maximum Gasteiger partial charge on any atom is 0.472 e. The summed E-state index contributed by atoms with van der Waals surface area (Å²) < 4.78 is 68.4. The van der Waals surface area contributed by atoms with Gasteiger partial charge in [0.15, 0.2) is 12.2 Å². The molecule has 0 bridgehead atoms. The molecule has 0 aromatic heterocycles. The van der Waals surface area contributed by atoms with E-state index in [0.717, 1.165) is 121 Å². The first-order valence-electron chi connectivity index (χ1n) is 37.7. The zero-order chi connectivity index (χ0) is 68.7. The Labute approximate surface area is 567 Å². The van der Waals surface area contributed by atoms with E-state index in [-0.39, 0.29) is 25.7 Å². The van der Waals surface area contributed by atoms with Gasteiger partial charge in [-0.05, 0) is 69.1 Å². The summed E-state index contributed by atoms with van der Waals surface area (Å²) in [6.45, 7) is 11.7. The van der Waals surface area contributed by atoms with Gasteiger partial charge >= 0.3 is 39.5 Å². The molecule has 0 fully saturated rings. The number of ether oxygens (including phenoxy) is 4. The second-order valence-electron chi connectivity index (χ2n) is 27.4. The smallest absolute Gasteiger partial charge is 0.462 e. The lowest BCUT2D eigenvalue weighted by atomic mass is 10.0. The largest absolute Gasteiger partial charge is 0.472 e. The monoisotopic (exact) mass is 1360 g/mol.